The summed E-state index contributed by atoms with van der Waals surface area (Å²) in [6.45, 7) is 2.93. The van der Waals surface area contributed by atoms with Crippen molar-refractivity contribution in [3.05, 3.63) is 72.2 Å². The number of furan rings is 1. The van der Waals surface area contributed by atoms with E-state index in [1.165, 1.54) is 16.3 Å². The maximum absolute atomic E-state index is 5.35. The number of nitrogens with zero attached hydrogens (tertiary/aromatic N) is 1. The molecule has 1 heterocycles. The van der Waals surface area contributed by atoms with Gasteiger partial charge in [0.1, 0.15) is 5.76 Å². The van der Waals surface area contributed by atoms with E-state index < -0.39 is 0 Å². The Bertz CT molecular complexity index is 803. The summed E-state index contributed by atoms with van der Waals surface area (Å²) >= 11 is 0. The van der Waals surface area contributed by atoms with Crippen molar-refractivity contribution in [2.24, 2.45) is 4.99 Å². The van der Waals surface area contributed by atoms with Crippen LogP contribution >= 0.6 is 0 Å². The van der Waals surface area contributed by atoms with Gasteiger partial charge in [-0.1, -0.05) is 42.5 Å². The third-order valence-electron chi connectivity index (χ3n) is 4.11. The molecule has 0 saturated carbocycles. The molecule has 0 amide bonds. The second-order valence-corrected chi connectivity index (χ2v) is 5.76. The lowest BCUT2D eigenvalue weighted by atomic mass is 10.00. The van der Waals surface area contributed by atoms with Gasteiger partial charge in [0, 0.05) is 20.0 Å². The van der Waals surface area contributed by atoms with Crippen LogP contribution in [-0.4, -0.2) is 19.6 Å². The van der Waals surface area contributed by atoms with Gasteiger partial charge >= 0.3 is 0 Å². The number of benzene rings is 2. The molecule has 0 bridgehead atoms. The summed E-state index contributed by atoms with van der Waals surface area (Å²) in [5, 5.41) is 9.32. The van der Waals surface area contributed by atoms with Crippen molar-refractivity contribution in [3.63, 3.8) is 0 Å². The normalized spacial score (nSPS) is 13.0. The second-order valence-electron chi connectivity index (χ2n) is 5.76. The highest BCUT2D eigenvalue weighted by molar-refractivity contribution is 5.87. The van der Waals surface area contributed by atoms with Gasteiger partial charge in [0.25, 0.3) is 0 Å². The molecule has 124 valence electrons. The van der Waals surface area contributed by atoms with E-state index in [0.29, 0.717) is 0 Å². The highest BCUT2D eigenvalue weighted by atomic mass is 16.3. The lowest BCUT2D eigenvalue weighted by Crippen LogP contribution is -2.39. The number of guanidine groups is 1. The van der Waals surface area contributed by atoms with Crippen LogP contribution in [0.15, 0.2) is 70.3 Å². The molecular weight excluding hydrogens is 298 g/mol. The zero-order chi connectivity index (χ0) is 16.8. The summed E-state index contributed by atoms with van der Waals surface area (Å²) < 4.78 is 5.35. The van der Waals surface area contributed by atoms with Gasteiger partial charge in [0.05, 0.1) is 12.3 Å². The standard InChI is InChI=1S/C20H23N3O/c1-15(18-11-5-8-16-7-3-4-10-19(16)18)23-20(21-2)22-13-12-17-9-6-14-24-17/h3-11,14-15H,12-13H2,1-2H3,(H2,21,22,23). The van der Waals surface area contributed by atoms with E-state index in [1.54, 1.807) is 13.3 Å². The Morgan fingerprint density at radius 2 is 1.92 bits per heavy atom. The molecule has 0 saturated heterocycles. The van der Waals surface area contributed by atoms with E-state index in [9.17, 15) is 0 Å². The van der Waals surface area contributed by atoms with Gasteiger partial charge in [0.15, 0.2) is 5.96 Å². The highest BCUT2D eigenvalue weighted by Crippen LogP contribution is 2.23. The minimum Gasteiger partial charge on any atom is -0.469 e. The molecule has 24 heavy (non-hydrogen) atoms. The molecule has 1 atom stereocenters. The Hall–Kier alpha value is -2.75. The number of nitrogens with one attached hydrogen (secondary N) is 2. The smallest absolute Gasteiger partial charge is 0.191 e. The lowest BCUT2D eigenvalue weighted by molar-refractivity contribution is 0.506. The summed E-state index contributed by atoms with van der Waals surface area (Å²) in [5.74, 6) is 1.77. The molecule has 2 aromatic carbocycles. The molecule has 0 fully saturated rings. The van der Waals surface area contributed by atoms with Crippen LogP contribution in [0, 0.1) is 0 Å². The number of rotatable bonds is 5. The Labute approximate surface area is 142 Å². The highest BCUT2D eigenvalue weighted by Gasteiger charge is 2.10. The van der Waals surface area contributed by atoms with Gasteiger partial charge < -0.3 is 15.1 Å². The molecule has 2 N–H and O–H groups in total. The van der Waals surface area contributed by atoms with E-state index >= 15 is 0 Å². The Morgan fingerprint density at radius 3 is 2.71 bits per heavy atom. The number of fused-ring (bicyclic) bond motifs is 1. The zero-order valence-corrected chi connectivity index (χ0v) is 14.1. The van der Waals surface area contributed by atoms with Crippen LogP contribution in [0.2, 0.25) is 0 Å². The molecule has 0 radical (unpaired) electrons. The van der Waals surface area contributed by atoms with E-state index in [0.717, 1.165) is 24.7 Å². The summed E-state index contributed by atoms with van der Waals surface area (Å²) in [6.07, 6.45) is 2.53. The maximum atomic E-state index is 5.35. The molecule has 0 spiro atoms. The molecule has 4 heteroatoms. The third-order valence-corrected chi connectivity index (χ3v) is 4.11. The first-order valence-electron chi connectivity index (χ1n) is 8.25. The van der Waals surface area contributed by atoms with Gasteiger partial charge in [-0.25, -0.2) is 0 Å². The van der Waals surface area contributed by atoms with Crippen LogP contribution in [0.3, 0.4) is 0 Å². The van der Waals surface area contributed by atoms with Gasteiger partial charge in [-0.2, -0.15) is 0 Å². The van der Waals surface area contributed by atoms with Gasteiger partial charge in [-0.3, -0.25) is 4.99 Å². The Kier molecular flexibility index (Phi) is 5.16. The Balaban J connectivity index is 1.64. The Morgan fingerprint density at radius 1 is 1.08 bits per heavy atom. The average molecular weight is 321 g/mol. The predicted octanol–water partition coefficient (Wildman–Crippen LogP) is 3.90. The molecule has 3 rings (SSSR count). The topological polar surface area (TPSA) is 49.6 Å². The van der Waals surface area contributed by atoms with Crippen molar-refractivity contribution in [1.82, 2.24) is 10.6 Å². The van der Waals surface area contributed by atoms with Crippen molar-refractivity contribution < 1.29 is 4.42 Å². The van der Waals surface area contributed by atoms with Crippen molar-refractivity contribution in [2.75, 3.05) is 13.6 Å². The van der Waals surface area contributed by atoms with E-state index in [-0.39, 0.29) is 6.04 Å². The number of hydrogen-bond donors (Lipinski definition) is 2. The van der Waals surface area contributed by atoms with E-state index in [2.05, 4.69) is 65.0 Å². The molecule has 4 nitrogen and oxygen atoms in total. The first-order valence-corrected chi connectivity index (χ1v) is 8.25. The fourth-order valence-corrected chi connectivity index (χ4v) is 2.86. The zero-order valence-electron chi connectivity index (χ0n) is 14.1. The van der Waals surface area contributed by atoms with Crippen LogP contribution in [0.1, 0.15) is 24.3 Å². The summed E-state index contributed by atoms with van der Waals surface area (Å²) in [5.41, 5.74) is 1.27. The van der Waals surface area contributed by atoms with E-state index in [1.807, 2.05) is 12.1 Å². The summed E-state index contributed by atoms with van der Waals surface area (Å²) in [4.78, 5) is 4.32. The van der Waals surface area contributed by atoms with Crippen LogP contribution in [0.5, 0.6) is 0 Å². The molecule has 1 unspecified atom stereocenters. The molecule has 3 aromatic rings. The van der Waals surface area contributed by atoms with Crippen molar-refractivity contribution >= 4 is 16.7 Å². The largest absolute Gasteiger partial charge is 0.469 e. The van der Waals surface area contributed by atoms with Crippen molar-refractivity contribution in [3.8, 4) is 0 Å². The fraction of sp³-hybridized carbons (Fsp3) is 0.250. The molecule has 0 aliphatic rings. The van der Waals surface area contributed by atoms with Crippen LogP contribution in [-0.2, 0) is 6.42 Å². The first kappa shape index (κ1) is 16.1. The minimum atomic E-state index is 0.158. The van der Waals surface area contributed by atoms with Gasteiger partial charge in [-0.15, -0.1) is 0 Å². The van der Waals surface area contributed by atoms with Crippen molar-refractivity contribution in [1.29, 1.82) is 0 Å². The third kappa shape index (κ3) is 3.77. The van der Waals surface area contributed by atoms with Gasteiger partial charge in [0.2, 0.25) is 0 Å². The van der Waals surface area contributed by atoms with Crippen LogP contribution in [0.4, 0.5) is 0 Å². The molecule has 1 aromatic heterocycles. The van der Waals surface area contributed by atoms with E-state index in [4.69, 9.17) is 4.42 Å². The van der Waals surface area contributed by atoms with Gasteiger partial charge in [-0.05, 0) is 35.4 Å². The number of hydrogen-bond acceptors (Lipinski definition) is 2. The fourth-order valence-electron chi connectivity index (χ4n) is 2.86. The molecular formula is C20H23N3O. The summed E-state index contributed by atoms with van der Waals surface area (Å²) in [7, 11) is 1.79. The predicted molar refractivity (Wildman–Crippen MR) is 99.3 cm³/mol. The SMILES string of the molecule is CN=C(NCCc1ccco1)NC(C)c1cccc2ccccc12. The molecule has 0 aliphatic carbocycles. The monoisotopic (exact) mass is 321 g/mol. The quantitative estimate of drug-likeness (QED) is 0.553. The van der Waals surface area contributed by atoms with Crippen LogP contribution in [0.25, 0.3) is 10.8 Å². The van der Waals surface area contributed by atoms with Crippen LogP contribution < -0.4 is 10.6 Å². The minimum absolute atomic E-state index is 0.158. The number of aliphatic imine (C=N–C) groups is 1. The average Bonchev–Trinajstić information content (AvgIpc) is 3.13. The lowest BCUT2D eigenvalue weighted by Gasteiger charge is -2.19. The van der Waals surface area contributed by atoms with Crippen molar-refractivity contribution in [2.45, 2.75) is 19.4 Å². The summed E-state index contributed by atoms with van der Waals surface area (Å²) in [6, 6.07) is 18.9. The second kappa shape index (κ2) is 7.68. The molecule has 0 aliphatic heterocycles. The maximum Gasteiger partial charge on any atom is 0.191 e. The first-order chi connectivity index (χ1) is 11.8.